The Kier molecular flexibility index (Phi) is 5.58. The Hall–Kier alpha value is -1.85. The number of ether oxygens (including phenoxy) is 1. The predicted octanol–water partition coefficient (Wildman–Crippen LogP) is 1.90. The molecule has 4 nitrogen and oxygen atoms in total. The second-order valence-corrected chi connectivity index (χ2v) is 4.55. The summed E-state index contributed by atoms with van der Waals surface area (Å²) in [6.07, 6.45) is 2.31. The van der Waals surface area contributed by atoms with Gasteiger partial charge in [0, 0.05) is 24.9 Å². The summed E-state index contributed by atoms with van der Waals surface area (Å²) in [5.41, 5.74) is 6.81. The van der Waals surface area contributed by atoms with Crippen molar-refractivity contribution in [2.45, 2.75) is 25.2 Å². The molecule has 1 aromatic carbocycles. The van der Waals surface area contributed by atoms with Crippen LogP contribution in [0, 0.1) is 0 Å². The van der Waals surface area contributed by atoms with Crippen molar-refractivity contribution in [1.82, 2.24) is 9.97 Å². The lowest BCUT2D eigenvalue weighted by Crippen LogP contribution is -2.37. The summed E-state index contributed by atoms with van der Waals surface area (Å²) in [5, 5.41) is 0. The van der Waals surface area contributed by atoms with Crippen molar-refractivity contribution in [3.8, 4) is 0 Å². The van der Waals surface area contributed by atoms with E-state index in [9.17, 15) is 4.39 Å². The fraction of sp³-hybridized carbons (Fsp3) is 0.333. The minimum Gasteiger partial charge on any atom is -0.374 e. The van der Waals surface area contributed by atoms with Gasteiger partial charge in [-0.05, 0) is 11.6 Å². The molecule has 0 bridgehead atoms. The number of nitrogens with two attached hydrogens (primary N) is 1. The molecule has 2 atom stereocenters. The molecule has 0 spiro atoms. The van der Waals surface area contributed by atoms with Crippen LogP contribution in [0.25, 0.3) is 0 Å². The molecule has 5 heteroatoms. The van der Waals surface area contributed by atoms with Crippen molar-refractivity contribution in [1.29, 1.82) is 0 Å². The molecule has 0 aliphatic rings. The molecule has 0 amide bonds. The zero-order valence-corrected chi connectivity index (χ0v) is 11.2. The molecule has 1 heterocycles. The third-order valence-corrected chi connectivity index (χ3v) is 2.89. The summed E-state index contributed by atoms with van der Waals surface area (Å²) in [7, 11) is 0. The Balaban J connectivity index is 1.73. The van der Waals surface area contributed by atoms with Gasteiger partial charge in [0.25, 0.3) is 0 Å². The van der Waals surface area contributed by atoms with Gasteiger partial charge < -0.3 is 10.5 Å². The molecule has 0 saturated heterocycles. The van der Waals surface area contributed by atoms with Crippen LogP contribution in [0.3, 0.4) is 0 Å². The van der Waals surface area contributed by atoms with E-state index in [0.717, 1.165) is 5.56 Å². The van der Waals surface area contributed by atoms with Crippen LogP contribution >= 0.6 is 0 Å². The van der Waals surface area contributed by atoms with Gasteiger partial charge in [-0.25, -0.2) is 14.4 Å². The third kappa shape index (κ3) is 4.68. The molecule has 2 aromatic rings. The van der Waals surface area contributed by atoms with E-state index in [1.54, 1.807) is 18.5 Å². The largest absolute Gasteiger partial charge is 0.374 e. The number of rotatable bonds is 7. The lowest BCUT2D eigenvalue weighted by molar-refractivity contribution is 0.0594. The Morgan fingerprint density at radius 3 is 2.50 bits per heavy atom. The van der Waals surface area contributed by atoms with E-state index in [4.69, 9.17) is 10.5 Å². The molecule has 106 valence electrons. The second-order valence-electron chi connectivity index (χ2n) is 4.55. The number of hydrogen-bond donors (Lipinski definition) is 1. The molecule has 0 aliphatic heterocycles. The molecular formula is C15H18FN3O. The molecule has 0 unspecified atom stereocenters. The van der Waals surface area contributed by atoms with E-state index in [2.05, 4.69) is 9.97 Å². The minimum absolute atomic E-state index is 0.0249. The molecule has 20 heavy (non-hydrogen) atoms. The first-order chi connectivity index (χ1) is 9.75. The van der Waals surface area contributed by atoms with Gasteiger partial charge >= 0.3 is 0 Å². The lowest BCUT2D eigenvalue weighted by Gasteiger charge is -2.16. The number of aromatic nitrogens is 2. The van der Waals surface area contributed by atoms with Gasteiger partial charge in [0.15, 0.2) is 0 Å². The summed E-state index contributed by atoms with van der Waals surface area (Å²) in [6, 6.07) is 10.7. The van der Waals surface area contributed by atoms with E-state index in [1.807, 2.05) is 30.3 Å². The summed E-state index contributed by atoms with van der Waals surface area (Å²) < 4.78 is 19.2. The summed E-state index contributed by atoms with van der Waals surface area (Å²) in [5.74, 6) is 0.547. The van der Waals surface area contributed by atoms with Gasteiger partial charge in [0.05, 0.1) is 13.2 Å². The highest BCUT2D eigenvalue weighted by atomic mass is 19.1. The Labute approximate surface area is 117 Å². The smallest absolute Gasteiger partial charge is 0.139 e. The van der Waals surface area contributed by atoms with Gasteiger partial charge in [-0.3, -0.25) is 0 Å². The van der Waals surface area contributed by atoms with Crippen molar-refractivity contribution in [3.63, 3.8) is 0 Å². The van der Waals surface area contributed by atoms with Gasteiger partial charge in [-0.2, -0.15) is 0 Å². The van der Waals surface area contributed by atoms with Gasteiger partial charge in [0.1, 0.15) is 12.0 Å². The molecule has 0 radical (unpaired) electrons. The molecule has 1 aromatic heterocycles. The van der Waals surface area contributed by atoms with Gasteiger partial charge in [-0.15, -0.1) is 0 Å². The average molecular weight is 275 g/mol. The average Bonchev–Trinajstić information content (AvgIpc) is 2.49. The first kappa shape index (κ1) is 14.6. The zero-order chi connectivity index (χ0) is 14.2. The van der Waals surface area contributed by atoms with Crippen LogP contribution in [0.15, 0.2) is 48.8 Å². The van der Waals surface area contributed by atoms with Crippen LogP contribution in [0.4, 0.5) is 4.39 Å². The molecule has 0 aliphatic carbocycles. The van der Waals surface area contributed by atoms with Crippen LogP contribution in [0.5, 0.6) is 0 Å². The highest BCUT2D eigenvalue weighted by molar-refractivity contribution is 5.13. The van der Waals surface area contributed by atoms with Crippen LogP contribution in [-0.2, 0) is 17.8 Å². The van der Waals surface area contributed by atoms with Crippen LogP contribution in [0.1, 0.15) is 11.4 Å². The quantitative estimate of drug-likeness (QED) is 0.838. The lowest BCUT2D eigenvalue weighted by atomic mass is 10.1. The first-order valence-electron chi connectivity index (χ1n) is 6.53. The molecule has 0 fully saturated rings. The van der Waals surface area contributed by atoms with Crippen molar-refractivity contribution in [2.24, 2.45) is 5.73 Å². The minimum atomic E-state index is -1.23. The number of benzene rings is 1. The number of alkyl halides is 1. The maximum atomic E-state index is 13.9. The number of halogens is 1. The molecule has 2 N–H and O–H groups in total. The fourth-order valence-electron chi connectivity index (χ4n) is 1.76. The summed E-state index contributed by atoms with van der Waals surface area (Å²) in [6.45, 7) is 0.360. The Morgan fingerprint density at radius 2 is 1.80 bits per heavy atom. The van der Waals surface area contributed by atoms with Crippen molar-refractivity contribution < 1.29 is 9.13 Å². The normalized spacial score (nSPS) is 13.9. The Bertz CT molecular complexity index is 495. The van der Waals surface area contributed by atoms with Crippen LogP contribution < -0.4 is 5.73 Å². The van der Waals surface area contributed by atoms with E-state index in [-0.39, 0.29) is 6.61 Å². The zero-order valence-electron chi connectivity index (χ0n) is 11.2. The van der Waals surface area contributed by atoms with Crippen molar-refractivity contribution in [3.05, 3.63) is 60.2 Å². The second kappa shape index (κ2) is 7.67. The standard InChI is InChI=1S/C15H18FN3O/c16-13(11-20-10-12-5-2-1-3-6-12)14(17)9-15-18-7-4-8-19-15/h1-8,13-14H,9-11,17H2/t13-,14-/m1/s1. The van der Waals surface area contributed by atoms with Gasteiger partial charge in [0.2, 0.25) is 0 Å². The van der Waals surface area contributed by atoms with E-state index >= 15 is 0 Å². The van der Waals surface area contributed by atoms with Crippen molar-refractivity contribution in [2.75, 3.05) is 6.61 Å². The first-order valence-corrected chi connectivity index (χ1v) is 6.53. The van der Waals surface area contributed by atoms with E-state index < -0.39 is 12.2 Å². The van der Waals surface area contributed by atoms with E-state index in [0.29, 0.717) is 18.9 Å². The van der Waals surface area contributed by atoms with Crippen LogP contribution in [0.2, 0.25) is 0 Å². The van der Waals surface area contributed by atoms with Crippen LogP contribution in [-0.4, -0.2) is 28.8 Å². The third-order valence-electron chi connectivity index (χ3n) is 2.89. The number of nitrogens with zero attached hydrogens (tertiary/aromatic N) is 2. The maximum Gasteiger partial charge on any atom is 0.139 e. The molecule has 2 rings (SSSR count). The fourth-order valence-corrected chi connectivity index (χ4v) is 1.76. The monoisotopic (exact) mass is 275 g/mol. The highest BCUT2D eigenvalue weighted by Gasteiger charge is 2.18. The Morgan fingerprint density at radius 1 is 1.10 bits per heavy atom. The summed E-state index contributed by atoms with van der Waals surface area (Å²) in [4.78, 5) is 8.06. The summed E-state index contributed by atoms with van der Waals surface area (Å²) >= 11 is 0. The van der Waals surface area contributed by atoms with Crippen molar-refractivity contribution >= 4 is 0 Å². The molecule has 0 saturated carbocycles. The highest BCUT2D eigenvalue weighted by Crippen LogP contribution is 2.06. The predicted molar refractivity (Wildman–Crippen MR) is 74.7 cm³/mol. The van der Waals surface area contributed by atoms with Gasteiger partial charge in [-0.1, -0.05) is 30.3 Å². The topological polar surface area (TPSA) is 61.0 Å². The maximum absolute atomic E-state index is 13.9. The number of hydrogen-bond acceptors (Lipinski definition) is 4. The van der Waals surface area contributed by atoms with E-state index in [1.165, 1.54) is 0 Å². The molecular weight excluding hydrogens is 257 g/mol. The SMILES string of the molecule is N[C@H](Cc1ncccn1)[C@H](F)COCc1ccccc1.